The Hall–Kier alpha value is -2.63. The second-order valence-electron chi connectivity index (χ2n) is 6.43. The van der Waals surface area contributed by atoms with Crippen molar-refractivity contribution in [3.8, 4) is 5.75 Å². The topological polar surface area (TPSA) is 64.3 Å². The van der Waals surface area contributed by atoms with Crippen molar-refractivity contribution in [2.24, 2.45) is 0 Å². The Morgan fingerprint density at radius 1 is 1.11 bits per heavy atom. The van der Waals surface area contributed by atoms with Gasteiger partial charge in [0.05, 0.1) is 12.2 Å². The lowest BCUT2D eigenvalue weighted by molar-refractivity contribution is 0.0886. The highest BCUT2D eigenvalue weighted by molar-refractivity contribution is 6.30. The molecule has 0 amide bonds. The Balaban J connectivity index is 1.56. The fraction of sp³-hybridized carbons (Fsp3) is 0.238. The van der Waals surface area contributed by atoms with Gasteiger partial charge in [0.25, 0.3) is 0 Å². The lowest BCUT2D eigenvalue weighted by Crippen LogP contribution is -2.24. The van der Waals surface area contributed by atoms with Gasteiger partial charge in [-0.3, -0.25) is 9.48 Å². The van der Waals surface area contributed by atoms with Gasteiger partial charge in [0.1, 0.15) is 18.5 Å². The van der Waals surface area contributed by atoms with E-state index in [0.29, 0.717) is 28.4 Å². The van der Waals surface area contributed by atoms with Crippen molar-refractivity contribution >= 4 is 17.4 Å². The zero-order valence-corrected chi connectivity index (χ0v) is 16.0. The van der Waals surface area contributed by atoms with Gasteiger partial charge < -0.3 is 9.84 Å². The zero-order valence-electron chi connectivity index (χ0n) is 15.2. The fourth-order valence-corrected chi connectivity index (χ4v) is 2.90. The molecule has 1 atom stereocenters. The van der Waals surface area contributed by atoms with Crippen LogP contribution in [0.3, 0.4) is 0 Å². The highest BCUT2D eigenvalue weighted by Gasteiger charge is 2.11. The quantitative estimate of drug-likeness (QED) is 0.629. The maximum Gasteiger partial charge on any atom is 0.193 e. The first-order chi connectivity index (χ1) is 12.9. The molecule has 3 rings (SSSR count). The molecule has 0 bridgehead atoms. The van der Waals surface area contributed by atoms with E-state index in [1.54, 1.807) is 53.2 Å². The van der Waals surface area contributed by atoms with Crippen LogP contribution in [0, 0.1) is 13.8 Å². The number of hydrogen-bond donors (Lipinski definition) is 1. The number of rotatable bonds is 7. The predicted octanol–water partition coefficient (Wildman–Crippen LogP) is 3.82. The van der Waals surface area contributed by atoms with E-state index in [1.807, 2.05) is 19.9 Å². The number of hydrogen-bond acceptors (Lipinski definition) is 4. The Morgan fingerprint density at radius 3 is 2.26 bits per heavy atom. The Morgan fingerprint density at radius 2 is 1.70 bits per heavy atom. The minimum atomic E-state index is -0.682. The number of carbonyl (C=O) groups excluding carboxylic acids is 1. The lowest BCUT2D eigenvalue weighted by atomic mass is 10.0. The molecule has 0 fully saturated rings. The number of ketones is 1. The summed E-state index contributed by atoms with van der Waals surface area (Å²) < 4.78 is 7.38. The summed E-state index contributed by atoms with van der Waals surface area (Å²) in [7, 11) is 0. The number of nitrogens with zero attached hydrogens (tertiary/aromatic N) is 2. The first kappa shape index (κ1) is 19.1. The molecule has 5 nitrogen and oxygen atoms in total. The molecule has 0 spiro atoms. The van der Waals surface area contributed by atoms with E-state index in [1.165, 1.54) is 0 Å². The molecular weight excluding hydrogens is 364 g/mol. The second kappa shape index (κ2) is 8.37. The number of aliphatic hydroxyl groups is 1. The van der Waals surface area contributed by atoms with Crippen LogP contribution in [0.1, 0.15) is 27.3 Å². The van der Waals surface area contributed by atoms with Crippen LogP contribution in [0.25, 0.3) is 0 Å². The van der Waals surface area contributed by atoms with E-state index in [2.05, 4.69) is 5.10 Å². The Bertz CT molecular complexity index is 918. The smallest absolute Gasteiger partial charge is 0.193 e. The molecule has 0 unspecified atom stereocenters. The maximum atomic E-state index is 12.4. The van der Waals surface area contributed by atoms with Crippen LogP contribution in [0.2, 0.25) is 5.02 Å². The van der Waals surface area contributed by atoms with Gasteiger partial charge in [-0.2, -0.15) is 5.10 Å². The van der Waals surface area contributed by atoms with E-state index in [9.17, 15) is 9.90 Å². The van der Waals surface area contributed by atoms with Crippen LogP contribution < -0.4 is 4.74 Å². The Kier molecular flexibility index (Phi) is 5.94. The van der Waals surface area contributed by atoms with Crippen LogP contribution in [-0.4, -0.2) is 33.4 Å². The van der Waals surface area contributed by atoms with Gasteiger partial charge in [-0.05, 0) is 68.4 Å². The van der Waals surface area contributed by atoms with Crippen molar-refractivity contribution < 1.29 is 14.6 Å². The first-order valence-corrected chi connectivity index (χ1v) is 9.02. The van der Waals surface area contributed by atoms with Crippen LogP contribution >= 0.6 is 11.6 Å². The minimum absolute atomic E-state index is 0.0808. The van der Waals surface area contributed by atoms with Gasteiger partial charge in [-0.25, -0.2) is 0 Å². The van der Waals surface area contributed by atoms with Crippen molar-refractivity contribution in [1.82, 2.24) is 9.78 Å². The predicted molar refractivity (Wildman–Crippen MR) is 105 cm³/mol. The zero-order chi connectivity index (χ0) is 19.4. The van der Waals surface area contributed by atoms with Crippen molar-refractivity contribution in [3.63, 3.8) is 0 Å². The molecule has 140 valence electrons. The molecule has 0 radical (unpaired) electrons. The summed E-state index contributed by atoms with van der Waals surface area (Å²) in [5.74, 6) is 0.512. The molecule has 27 heavy (non-hydrogen) atoms. The van der Waals surface area contributed by atoms with Gasteiger partial charge in [0.2, 0.25) is 0 Å². The summed E-state index contributed by atoms with van der Waals surface area (Å²) in [4.78, 5) is 12.4. The van der Waals surface area contributed by atoms with E-state index in [0.717, 1.165) is 11.4 Å². The van der Waals surface area contributed by atoms with Gasteiger partial charge in [-0.15, -0.1) is 0 Å². The van der Waals surface area contributed by atoms with Crippen LogP contribution in [0.5, 0.6) is 5.75 Å². The minimum Gasteiger partial charge on any atom is -0.491 e. The second-order valence-corrected chi connectivity index (χ2v) is 6.87. The molecule has 0 aliphatic heterocycles. The maximum absolute atomic E-state index is 12.4. The molecule has 0 saturated carbocycles. The van der Waals surface area contributed by atoms with Gasteiger partial charge in [0.15, 0.2) is 5.78 Å². The molecule has 0 saturated heterocycles. The van der Waals surface area contributed by atoms with Crippen molar-refractivity contribution in [2.45, 2.75) is 26.5 Å². The summed E-state index contributed by atoms with van der Waals surface area (Å²) in [6, 6.07) is 15.6. The number of benzene rings is 2. The van der Waals surface area contributed by atoms with E-state index < -0.39 is 6.10 Å². The molecule has 0 aliphatic rings. The van der Waals surface area contributed by atoms with Crippen molar-refractivity contribution in [2.75, 3.05) is 6.61 Å². The number of carbonyl (C=O) groups is 1. The molecule has 1 aromatic heterocycles. The number of halogens is 1. The largest absolute Gasteiger partial charge is 0.491 e. The first-order valence-electron chi connectivity index (χ1n) is 8.64. The normalized spacial score (nSPS) is 12.0. The molecular formula is C21H21ClN2O3. The monoisotopic (exact) mass is 384 g/mol. The number of ether oxygens (including phenoxy) is 1. The standard InChI is InChI=1S/C21H21ClN2O3/c1-14-11-15(2)24(23-14)12-19(25)13-27-20-9-5-17(6-10-20)21(26)16-3-7-18(22)8-4-16/h3-11,19,25H,12-13H2,1-2H3/t19-/m0/s1. The number of aromatic nitrogens is 2. The molecule has 6 heteroatoms. The third kappa shape index (κ3) is 4.96. The van der Waals surface area contributed by atoms with E-state index in [-0.39, 0.29) is 12.4 Å². The average molecular weight is 385 g/mol. The SMILES string of the molecule is Cc1cc(C)n(C[C@H](O)COc2ccc(C(=O)c3ccc(Cl)cc3)cc2)n1. The molecule has 1 N–H and O–H groups in total. The average Bonchev–Trinajstić information content (AvgIpc) is 2.97. The van der Waals surface area contributed by atoms with Crippen LogP contribution in [0.4, 0.5) is 0 Å². The summed E-state index contributed by atoms with van der Waals surface area (Å²) in [5.41, 5.74) is 3.06. The van der Waals surface area contributed by atoms with Gasteiger partial charge in [0, 0.05) is 21.8 Å². The Labute approximate surface area is 163 Å². The van der Waals surface area contributed by atoms with E-state index in [4.69, 9.17) is 16.3 Å². The summed E-state index contributed by atoms with van der Waals surface area (Å²) in [6.45, 7) is 4.37. The van der Waals surface area contributed by atoms with Crippen LogP contribution in [0.15, 0.2) is 54.6 Å². The fourth-order valence-electron chi connectivity index (χ4n) is 2.77. The van der Waals surface area contributed by atoms with Gasteiger partial charge in [-0.1, -0.05) is 11.6 Å². The third-order valence-corrected chi connectivity index (χ3v) is 4.40. The summed E-state index contributed by atoms with van der Waals surface area (Å²) >= 11 is 5.85. The summed E-state index contributed by atoms with van der Waals surface area (Å²) in [6.07, 6.45) is -0.682. The highest BCUT2D eigenvalue weighted by atomic mass is 35.5. The number of aliphatic hydroxyl groups excluding tert-OH is 1. The van der Waals surface area contributed by atoms with Crippen molar-refractivity contribution in [3.05, 3.63) is 82.1 Å². The molecule has 1 heterocycles. The van der Waals surface area contributed by atoms with E-state index >= 15 is 0 Å². The molecule has 3 aromatic rings. The van der Waals surface area contributed by atoms with Crippen LogP contribution in [-0.2, 0) is 6.54 Å². The lowest BCUT2D eigenvalue weighted by Gasteiger charge is -2.13. The highest BCUT2D eigenvalue weighted by Crippen LogP contribution is 2.17. The van der Waals surface area contributed by atoms with Gasteiger partial charge >= 0.3 is 0 Å². The summed E-state index contributed by atoms with van der Waals surface area (Å²) in [5, 5.41) is 15.1. The molecule has 0 aliphatic carbocycles. The van der Waals surface area contributed by atoms with Crippen molar-refractivity contribution in [1.29, 1.82) is 0 Å². The third-order valence-electron chi connectivity index (χ3n) is 4.15. The number of aryl methyl sites for hydroxylation is 2. The molecule has 2 aromatic carbocycles.